The Bertz CT molecular complexity index is 476. The van der Waals surface area contributed by atoms with E-state index in [0.29, 0.717) is 0 Å². The van der Waals surface area contributed by atoms with E-state index in [1.165, 1.54) is 0 Å². The average Bonchev–Trinajstić information content (AvgIpc) is 2.78. The SMILES string of the molecule is CCCc1nccn1Cc1cc(NC)ccn1. The monoisotopic (exact) mass is 230 g/mol. The van der Waals surface area contributed by atoms with E-state index in [-0.39, 0.29) is 0 Å². The van der Waals surface area contributed by atoms with Crippen LogP contribution in [-0.4, -0.2) is 21.6 Å². The van der Waals surface area contributed by atoms with Crippen molar-refractivity contribution in [3.05, 3.63) is 42.2 Å². The summed E-state index contributed by atoms with van der Waals surface area (Å²) >= 11 is 0. The molecule has 4 nitrogen and oxygen atoms in total. The lowest BCUT2D eigenvalue weighted by molar-refractivity contribution is 0.693. The summed E-state index contributed by atoms with van der Waals surface area (Å²) in [6.45, 7) is 2.95. The van der Waals surface area contributed by atoms with Gasteiger partial charge in [-0.25, -0.2) is 4.98 Å². The lowest BCUT2D eigenvalue weighted by atomic mass is 10.3. The third-order valence-corrected chi connectivity index (χ3v) is 2.71. The van der Waals surface area contributed by atoms with Gasteiger partial charge in [0.1, 0.15) is 5.82 Å². The van der Waals surface area contributed by atoms with Gasteiger partial charge in [-0.05, 0) is 18.6 Å². The molecule has 0 saturated heterocycles. The Kier molecular flexibility index (Phi) is 3.75. The van der Waals surface area contributed by atoms with Gasteiger partial charge in [-0.3, -0.25) is 4.98 Å². The Hall–Kier alpha value is -1.84. The van der Waals surface area contributed by atoms with Crippen LogP contribution in [0.3, 0.4) is 0 Å². The van der Waals surface area contributed by atoms with Crippen molar-refractivity contribution in [1.82, 2.24) is 14.5 Å². The predicted octanol–water partition coefficient (Wildman–Crippen LogP) is 2.32. The molecule has 2 heterocycles. The number of rotatable bonds is 5. The molecule has 90 valence electrons. The Balaban J connectivity index is 2.16. The van der Waals surface area contributed by atoms with Gasteiger partial charge in [-0.1, -0.05) is 6.92 Å². The van der Waals surface area contributed by atoms with Crippen LogP contribution in [0.15, 0.2) is 30.7 Å². The molecule has 0 aliphatic carbocycles. The molecule has 0 unspecified atom stereocenters. The third kappa shape index (κ3) is 2.84. The lowest BCUT2D eigenvalue weighted by Gasteiger charge is -2.08. The van der Waals surface area contributed by atoms with Crippen molar-refractivity contribution in [3.63, 3.8) is 0 Å². The molecule has 0 fully saturated rings. The van der Waals surface area contributed by atoms with Gasteiger partial charge in [-0.2, -0.15) is 0 Å². The molecule has 1 N–H and O–H groups in total. The second-order valence-electron chi connectivity index (χ2n) is 4.01. The topological polar surface area (TPSA) is 42.7 Å². The fourth-order valence-electron chi connectivity index (χ4n) is 1.83. The summed E-state index contributed by atoms with van der Waals surface area (Å²) in [6.07, 6.45) is 7.82. The molecule has 0 saturated carbocycles. The predicted molar refractivity (Wildman–Crippen MR) is 69.1 cm³/mol. The van der Waals surface area contributed by atoms with Gasteiger partial charge < -0.3 is 9.88 Å². The molecule has 17 heavy (non-hydrogen) atoms. The summed E-state index contributed by atoms with van der Waals surface area (Å²) in [5.74, 6) is 1.13. The van der Waals surface area contributed by atoms with Crippen molar-refractivity contribution >= 4 is 5.69 Å². The molecule has 0 amide bonds. The van der Waals surface area contributed by atoms with Crippen LogP contribution in [0, 0.1) is 0 Å². The molecule has 2 aromatic heterocycles. The van der Waals surface area contributed by atoms with E-state index in [1.807, 2.05) is 31.7 Å². The van der Waals surface area contributed by atoms with Crippen LogP contribution in [0.5, 0.6) is 0 Å². The average molecular weight is 230 g/mol. The highest BCUT2D eigenvalue weighted by Gasteiger charge is 2.03. The zero-order valence-corrected chi connectivity index (χ0v) is 10.3. The zero-order valence-electron chi connectivity index (χ0n) is 10.3. The number of pyridine rings is 1. The molecule has 2 aromatic rings. The number of nitrogens with one attached hydrogen (secondary N) is 1. The molecule has 0 aliphatic heterocycles. The van der Waals surface area contributed by atoms with Crippen LogP contribution in [0.2, 0.25) is 0 Å². The van der Waals surface area contributed by atoms with E-state index in [1.54, 1.807) is 0 Å². The van der Waals surface area contributed by atoms with Gasteiger partial charge in [0.05, 0.1) is 12.2 Å². The number of aryl methyl sites for hydroxylation is 1. The summed E-state index contributed by atoms with van der Waals surface area (Å²) in [7, 11) is 1.92. The van der Waals surface area contributed by atoms with Crippen molar-refractivity contribution in [2.45, 2.75) is 26.3 Å². The minimum atomic E-state index is 0.783. The molecule has 0 atom stereocenters. The second kappa shape index (κ2) is 5.48. The minimum absolute atomic E-state index is 0.783. The van der Waals surface area contributed by atoms with Crippen LogP contribution in [-0.2, 0) is 13.0 Å². The Morgan fingerprint density at radius 3 is 2.94 bits per heavy atom. The molecular weight excluding hydrogens is 212 g/mol. The van der Waals surface area contributed by atoms with Crippen molar-refractivity contribution in [2.24, 2.45) is 0 Å². The first kappa shape index (κ1) is 11.6. The summed E-state index contributed by atoms with van der Waals surface area (Å²) in [5.41, 5.74) is 2.14. The van der Waals surface area contributed by atoms with Gasteiger partial charge in [0.2, 0.25) is 0 Å². The van der Waals surface area contributed by atoms with Gasteiger partial charge in [0.15, 0.2) is 0 Å². The fraction of sp³-hybridized carbons (Fsp3) is 0.385. The van der Waals surface area contributed by atoms with Crippen LogP contribution in [0.25, 0.3) is 0 Å². The molecule has 0 spiro atoms. The maximum atomic E-state index is 4.37. The molecule has 2 rings (SSSR count). The van der Waals surface area contributed by atoms with Gasteiger partial charge in [0.25, 0.3) is 0 Å². The Morgan fingerprint density at radius 1 is 1.29 bits per heavy atom. The Morgan fingerprint density at radius 2 is 2.18 bits per heavy atom. The zero-order chi connectivity index (χ0) is 12.1. The van der Waals surface area contributed by atoms with Crippen LogP contribution < -0.4 is 5.32 Å². The standard InChI is InChI=1S/C13H18N4/c1-3-4-13-16-7-8-17(13)10-12-9-11(14-2)5-6-15-12/h5-9H,3-4,10H2,1-2H3,(H,14,15). The minimum Gasteiger partial charge on any atom is -0.388 e. The highest BCUT2D eigenvalue weighted by atomic mass is 15.1. The Labute approximate surface area is 102 Å². The normalized spacial score (nSPS) is 10.5. The highest BCUT2D eigenvalue weighted by molar-refractivity contribution is 5.42. The lowest BCUT2D eigenvalue weighted by Crippen LogP contribution is -2.06. The van der Waals surface area contributed by atoms with Crippen molar-refractivity contribution in [3.8, 4) is 0 Å². The molecule has 0 bridgehead atoms. The maximum Gasteiger partial charge on any atom is 0.108 e. The van der Waals surface area contributed by atoms with Gasteiger partial charge >= 0.3 is 0 Å². The number of hydrogen-bond acceptors (Lipinski definition) is 3. The van der Waals surface area contributed by atoms with Gasteiger partial charge in [-0.15, -0.1) is 0 Å². The van der Waals surface area contributed by atoms with Crippen LogP contribution >= 0.6 is 0 Å². The van der Waals surface area contributed by atoms with Crippen molar-refractivity contribution in [2.75, 3.05) is 12.4 Å². The first-order valence-electron chi connectivity index (χ1n) is 5.96. The van der Waals surface area contributed by atoms with E-state index in [2.05, 4.69) is 32.8 Å². The third-order valence-electron chi connectivity index (χ3n) is 2.71. The van der Waals surface area contributed by atoms with Crippen molar-refractivity contribution < 1.29 is 0 Å². The number of nitrogens with zero attached hydrogens (tertiary/aromatic N) is 3. The second-order valence-corrected chi connectivity index (χ2v) is 4.01. The number of anilines is 1. The molecule has 0 aliphatic rings. The number of aromatic nitrogens is 3. The molecule has 0 aromatic carbocycles. The quantitative estimate of drug-likeness (QED) is 0.857. The van der Waals surface area contributed by atoms with E-state index < -0.39 is 0 Å². The van der Waals surface area contributed by atoms with Gasteiger partial charge in [0, 0.05) is 37.7 Å². The number of imidazole rings is 1. The largest absolute Gasteiger partial charge is 0.388 e. The summed E-state index contributed by atoms with van der Waals surface area (Å²) in [4.78, 5) is 8.74. The molecule has 4 heteroatoms. The summed E-state index contributed by atoms with van der Waals surface area (Å²) in [5, 5.41) is 3.12. The van der Waals surface area contributed by atoms with E-state index in [9.17, 15) is 0 Å². The smallest absolute Gasteiger partial charge is 0.108 e. The van der Waals surface area contributed by atoms with Crippen LogP contribution in [0.1, 0.15) is 24.9 Å². The van der Waals surface area contributed by atoms with Crippen molar-refractivity contribution in [1.29, 1.82) is 0 Å². The highest BCUT2D eigenvalue weighted by Crippen LogP contribution is 2.10. The molecule has 0 radical (unpaired) electrons. The van der Waals surface area contributed by atoms with E-state index >= 15 is 0 Å². The summed E-state index contributed by atoms with van der Waals surface area (Å²) < 4.78 is 2.16. The summed E-state index contributed by atoms with van der Waals surface area (Å²) in [6, 6.07) is 4.03. The number of hydrogen-bond donors (Lipinski definition) is 1. The molecular formula is C13H18N4. The first-order valence-corrected chi connectivity index (χ1v) is 5.96. The maximum absolute atomic E-state index is 4.37. The van der Waals surface area contributed by atoms with E-state index in [4.69, 9.17) is 0 Å². The first-order chi connectivity index (χ1) is 8.33. The van der Waals surface area contributed by atoms with Crippen LogP contribution in [0.4, 0.5) is 5.69 Å². The fourth-order valence-corrected chi connectivity index (χ4v) is 1.83. The van der Waals surface area contributed by atoms with E-state index in [0.717, 1.165) is 36.6 Å².